The number of rotatable bonds is 11. The van der Waals surface area contributed by atoms with Gasteiger partial charge in [-0.1, -0.05) is 86.6 Å². The number of carbonyl (C=O) groups excluding carboxylic acids is 4. The Morgan fingerprint density at radius 1 is 0.703 bits per heavy atom. The molecule has 0 bridgehead atoms. The summed E-state index contributed by atoms with van der Waals surface area (Å²) in [5, 5.41) is 8.12. The van der Waals surface area contributed by atoms with Crippen molar-refractivity contribution in [3.63, 3.8) is 0 Å². The molecule has 7 heteroatoms. The third-order valence-corrected chi connectivity index (χ3v) is 6.08. The van der Waals surface area contributed by atoms with E-state index in [1.807, 2.05) is 68.4 Å². The molecule has 0 aromatic heterocycles. The molecule has 3 amide bonds. The summed E-state index contributed by atoms with van der Waals surface area (Å²) in [6.07, 6.45) is 0.913. The third-order valence-electron chi connectivity index (χ3n) is 6.08. The zero-order valence-corrected chi connectivity index (χ0v) is 21.3. The fourth-order valence-corrected chi connectivity index (χ4v) is 3.77. The van der Waals surface area contributed by atoms with E-state index in [4.69, 9.17) is 0 Å². The standard InChI is InChI=1S/C30H33N3O4/c1-20(2)27(19-34)33-28(35)21(3)31-30(37)26(32-29(36)25-12-8-5-9-13-25)18-22-14-16-24(17-15-22)23-10-6-4-7-11-23/h4-17,19-21,26-27H,18H2,1-3H3,(H,31,37)(H,32,36)(H,33,35)/t21-,26+,27+/m0/s1. The van der Waals surface area contributed by atoms with Crippen molar-refractivity contribution in [2.45, 2.75) is 45.3 Å². The van der Waals surface area contributed by atoms with Crippen molar-refractivity contribution in [3.05, 3.63) is 96.1 Å². The Labute approximate surface area is 217 Å². The lowest BCUT2D eigenvalue weighted by Crippen LogP contribution is -2.55. The van der Waals surface area contributed by atoms with Crippen LogP contribution in [0.15, 0.2) is 84.9 Å². The topological polar surface area (TPSA) is 104 Å². The second-order valence-corrected chi connectivity index (χ2v) is 9.30. The SMILES string of the molecule is CC(C)[C@@H](C=O)NC(=O)[C@H](C)NC(=O)[C@@H](Cc1ccc(-c2ccccc2)cc1)NC(=O)c1ccccc1. The van der Waals surface area contributed by atoms with Gasteiger partial charge in [-0.15, -0.1) is 0 Å². The third kappa shape index (κ3) is 7.87. The highest BCUT2D eigenvalue weighted by molar-refractivity contribution is 5.98. The predicted molar refractivity (Wildman–Crippen MR) is 144 cm³/mol. The molecule has 0 saturated carbocycles. The van der Waals surface area contributed by atoms with Gasteiger partial charge in [-0.3, -0.25) is 14.4 Å². The molecule has 0 spiro atoms. The van der Waals surface area contributed by atoms with Gasteiger partial charge in [0.05, 0.1) is 6.04 Å². The fourth-order valence-electron chi connectivity index (χ4n) is 3.77. The number of amides is 3. The average Bonchev–Trinajstić information content (AvgIpc) is 2.92. The number of hydrogen-bond acceptors (Lipinski definition) is 4. The van der Waals surface area contributed by atoms with E-state index in [-0.39, 0.29) is 18.2 Å². The molecule has 0 aliphatic carbocycles. The summed E-state index contributed by atoms with van der Waals surface area (Å²) in [6, 6.07) is 23.9. The molecule has 192 valence electrons. The normalized spacial score (nSPS) is 13.2. The Bertz CT molecular complexity index is 1190. The van der Waals surface area contributed by atoms with Gasteiger partial charge >= 0.3 is 0 Å². The fraction of sp³-hybridized carbons (Fsp3) is 0.267. The van der Waals surface area contributed by atoms with E-state index >= 15 is 0 Å². The molecular formula is C30H33N3O4. The maximum absolute atomic E-state index is 13.2. The Kier molecular flexibility index (Phi) is 9.72. The molecule has 3 N–H and O–H groups in total. The van der Waals surface area contributed by atoms with Crippen LogP contribution in [0.5, 0.6) is 0 Å². The number of nitrogens with one attached hydrogen (secondary N) is 3. The van der Waals surface area contributed by atoms with Gasteiger partial charge < -0.3 is 20.7 Å². The van der Waals surface area contributed by atoms with Crippen LogP contribution in [-0.2, 0) is 20.8 Å². The van der Waals surface area contributed by atoms with Crippen LogP contribution in [0.3, 0.4) is 0 Å². The van der Waals surface area contributed by atoms with E-state index in [1.54, 1.807) is 37.3 Å². The van der Waals surface area contributed by atoms with Crippen LogP contribution in [0.25, 0.3) is 11.1 Å². The summed E-state index contributed by atoms with van der Waals surface area (Å²) < 4.78 is 0. The molecule has 37 heavy (non-hydrogen) atoms. The van der Waals surface area contributed by atoms with Gasteiger partial charge in [-0.25, -0.2) is 0 Å². The second-order valence-electron chi connectivity index (χ2n) is 9.30. The van der Waals surface area contributed by atoms with E-state index in [0.29, 0.717) is 11.8 Å². The largest absolute Gasteiger partial charge is 0.345 e. The maximum atomic E-state index is 13.2. The van der Waals surface area contributed by atoms with Gasteiger partial charge in [0.25, 0.3) is 5.91 Å². The Hall–Kier alpha value is -4.26. The van der Waals surface area contributed by atoms with Gasteiger partial charge in [-0.05, 0) is 41.7 Å². The van der Waals surface area contributed by atoms with Crippen LogP contribution in [0.2, 0.25) is 0 Å². The van der Waals surface area contributed by atoms with Crippen molar-refractivity contribution < 1.29 is 19.2 Å². The maximum Gasteiger partial charge on any atom is 0.251 e. The van der Waals surface area contributed by atoms with Crippen LogP contribution < -0.4 is 16.0 Å². The van der Waals surface area contributed by atoms with Crippen molar-refractivity contribution in [2.24, 2.45) is 5.92 Å². The number of hydrogen-bond donors (Lipinski definition) is 3. The minimum absolute atomic E-state index is 0.0823. The quantitative estimate of drug-likeness (QED) is 0.351. The Morgan fingerprint density at radius 2 is 1.27 bits per heavy atom. The zero-order chi connectivity index (χ0) is 26.8. The summed E-state index contributed by atoms with van der Waals surface area (Å²) in [6.45, 7) is 5.18. The highest BCUT2D eigenvalue weighted by Crippen LogP contribution is 2.20. The first-order chi connectivity index (χ1) is 17.8. The number of benzene rings is 3. The highest BCUT2D eigenvalue weighted by atomic mass is 16.2. The lowest BCUT2D eigenvalue weighted by atomic mass is 10.00. The van der Waals surface area contributed by atoms with Crippen LogP contribution in [0.1, 0.15) is 36.7 Å². The molecule has 0 saturated heterocycles. The lowest BCUT2D eigenvalue weighted by Gasteiger charge is -2.23. The van der Waals surface area contributed by atoms with E-state index in [9.17, 15) is 19.2 Å². The molecule has 7 nitrogen and oxygen atoms in total. The van der Waals surface area contributed by atoms with Gasteiger partial charge in [0, 0.05) is 12.0 Å². The van der Waals surface area contributed by atoms with Crippen molar-refractivity contribution in [2.75, 3.05) is 0 Å². The van der Waals surface area contributed by atoms with E-state index in [2.05, 4.69) is 16.0 Å². The molecule has 0 fully saturated rings. The van der Waals surface area contributed by atoms with Gasteiger partial charge in [0.1, 0.15) is 18.4 Å². The van der Waals surface area contributed by atoms with Crippen molar-refractivity contribution in [1.82, 2.24) is 16.0 Å². The van der Waals surface area contributed by atoms with Crippen molar-refractivity contribution >= 4 is 24.0 Å². The molecule has 3 rings (SSSR count). The minimum atomic E-state index is -0.919. The first-order valence-corrected chi connectivity index (χ1v) is 12.3. The van der Waals surface area contributed by atoms with Gasteiger partial charge in [0.2, 0.25) is 11.8 Å². The molecule has 0 heterocycles. The molecule has 0 aliphatic heterocycles. The minimum Gasteiger partial charge on any atom is -0.345 e. The number of carbonyl (C=O) groups is 4. The summed E-state index contributed by atoms with van der Waals surface area (Å²) in [5.74, 6) is -1.44. The Balaban J connectivity index is 1.75. The summed E-state index contributed by atoms with van der Waals surface area (Å²) in [4.78, 5) is 49.9. The molecule has 0 radical (unpaired) electrons. The van der Waals surface area contributed by atoms with E-state index in [1.165, 1.54) is 0 Å². The first kappa shape index (κ1) is 27.3. The molecular weight excluding hydrogens is 466 g/mol. The molecule has 0 aliphatic rings. The average molecular weight is 500 g/mol. The molecule has 3 atom stereocenters. The second kappa shape index (κ2) is 13.2. The van der Waals surface area contributed by atoms with E-state index < -0.39 is 29.9 Å². The summed E-state index contributed by atoms with van der Waals surface area (Å²) in [7, 11) is 0. The Morgan fingerprint density at radius 3 is 1.84 bits per heavy atom. The predicted octanol–water partition coefficient (Wildman–Crippen LogP) is 3.54. The number of aldehydes is 1. The summed E-state index contributed by atoms with van der Waals surface area (Å²) >= 11 is 0. The van der Waals surface area contributed by atoms with Crippen LogP contribution >= 0.6 is 0 Å². The zero-order valence-electron chi connectivity index (χ0n) is 21.3. The summed E-state index contributed by atoms with van der Waals surface area (Å²) in [5.41, 5.74) is 3.40. The molecule has 3 aromatic carbocycles. The lowest BCUT2D eigenvalue weighted by molar-refractivity contribution is -0.130. The van der Waals surface area contributed by atoms with E-state index in [0.717, 1.165) is 16.7 Å². The monoisotopic (exact) mass is 499 g/mol. The van der Waals surface area contributed by atoms with Crippen LogP contribution in [0.4, 0.5) is 0 Å². The van der Waals surface area contributed by atoms with Crippen molar-refractivity contribution in [3.8, 4) is 11.1 Å². The first-order valence-electron chi connectivity index (χ1n) is 12.3. The van der Waals surface area contributed by atoms with Crippen LogP contribution in [0, 0.1) is 5.92 Å². The molecule has 3 aromatic rings. The van der Waals surface area contributed by atoms with Crippen molar-refractivity contribution in [1.29, 1.82) is 0 Å². The van der Waals surface area contributed by atoms with Gasteiger partial charge in [-0.2, -0.15) is 0 Å². The van der Waals surface area contributed by atoms with Gasteiger partial charge in [0.15, 0.2) is 0 Å². The smallest absolute Gasteiger partial charge is 0.251 e. The molecule has 0 unspecified atom stereocenters. The van der Waals surface area contributed by atoms with Crippen LogP contribution in [-0.4, -0.2) is 42.1 Å². The highest BCUT2D eigenvalue weighted by Gasteiger charge is 2.26.